The summed E-state index contributed by atoms with van der Waals surface area (Å²) in [5.74, 6) is 0. The molecule has 1 saturated heterocycles. The molecule has 1 unspecified atom stereocenters. The van der Waals surface area contributed by atoms with Crippen LogP contribution in [0.2, 0.25) is 0 Å². The van der Waals surface area contributed by atoms with Gasteiger partial charge in [0, 0.05) is 19.1 Å². The molecule has 2 rings (SSSR count). The molecule has 0 radical (unpaired) electrons. The van der Waals surface area contributed by atoms with Crippen LogP contribution in [0.25, 0.3) is 0 Å². The van der Waals surface area contributed by atoms with Crippen molar-refractivity contribution in [3.05, 3.63) is 29.3 Å². The fourth-order valence-corrected chi connectivity index (χ4v) is 4.25. The second kappa shape index (κ2) is 6.24. The van der Waals surface area contributed by atoms with E-state index in [9.17, 15) is 8.42 Å². The number of benzene rings is 1. The van der Waals surface area contributed by atoms with Crippen LogP contribution in [0.1, 0.15) is 30.9 Å². The van der Waals surface area contributed by atoms with Gasteiger partial charge in [0.25, 0.3) is 0 Å². The molecular formula is C15H24N2O2S. The van der Waals surface area contributed by atoms with Gasteiger partial charge in [-0.3, -0.25) is 0 Å². The van der Waals surface area contributed by atoms with E-state index in [1.165, 1.54) is 0 Å². The maximum absolute atomic E-state index is 12.7. The average molecular weight is 296 g/mol. The molecule has 1 aliphatic heterocycles. The Balaban J connectivity index is 2.23. The summed E-state index contributed by atoms with van der Waals surface area (Å²) in [7, 11) is -3.36. The molecule has 0 amide bonds. The molecule has 20 heavy (non-hydrogen) atoms. The number of nitrogens with one attached hydrogen (secondary N) is 1. The zero-order valence-electron chi connectivity index (χ0n) is 12.5. The van der Waals surface area contributed by atoms with Gasteiger partial charge >= 0.3 is 0 Å². The predicted octanol–water partition coefficient (Wildman–Crippen LogP) is 2.07. The third kappa shape index (κ3) is 3.22. The third-order valence-electron chi connectivity index (χ3n) is 3.99. The number of sulfonamides is 1. The molecule has 1 aliphatic rings. The zero-order valence-corrected chi connectivity index (χ0v) is 13.3. The topological polar surface area (TPSA) is 49.4 Å². The highest BCUT2D eigenvalue weighted by atomic mass is 32.2. The van der Waals surface area contributed by atoms with Crippen LogP contribution in [-0.2, 0) is 10.0 Å². The summed E-state index contributed by atoms with van der Waals surface area (Å²) in [6, 6.07) is 5.65. The summed E-state index contributed by atoms with van der Waals surface area (Å²) in [6.45, 7) is 8.07. The first-order valence-electron chi connectivity index (χ1n) is 7.26. The summed E-state index contributed by atoms with van der Waals surface area (Å²) in [6.07, 6.45) is 1.97. The molecule has 1 atom stereocenters. The van der Waals surface area contributed by atoms with Crippen LogP contribution in [0.4, 0.5) is 0 Å². The van der Waals surface area contributed by atoms with E-state index < -0.39 is 10.0 Å². The number of hydrogen-bond acceptors (Lipinski definition) is 3. The lowest BCUT2D eigenvalue weighted by atomic mass is 10.1. The molecule has 0 aromatic heterocycles. The smallest absolute Gasteiger partial charge is 0.243 e. The first-order valence-corrected chi connectivity index (χ1v) is 8.70. The van der Waals surface area contributed by atoms with Crippen LogP contribution < -0.4 is 5.32 Å². The minimum atomic E-state index is -3.36. The van der Waals surface area contributed by atoms with Crippen LogP contribution >= 0.6 is 0 Å². The van der Waals surface area contributed by atoms with Crippen molar-refractivity contribution in [3.63, 3.8) is 0 Å². The van der Waals surface area contributed by atoms with Gasteiger partial charge in [-0.1, -0.05) is 13.0 Å². The standard InChI is InChI=1S/C15H24N2O2S/c1-4-16-14-6-5-9-17(11-14)20(18,19)15-8-7-12(2)13(3)10-15/h7-8,10,14,16H,4-6,9,11H2,1-3H3. The molecule has 1 N–H and O–H groups in total. The number of rotatable bonds is 4. The molecule has 1 aromatic rings. The van der Waals surface area contributed by atoms with E-state index in [1.807, 2.05) is 19.9 Å². The van der Waals surface area contributed by atoms with E-state index in [1.54, 1.807) is 16.4 Å². The van der Waals surface area contributed by atoms with Gasteiger partial charge < -0.3 is 5.32 Å². The van der Waals surface area contributed by atoms with Gasteiger partial charge in [0.1, 0.15) is 0 Å². The van der Waals surface area contributed by atoms with Crippen molar-refractivity contribution in [3.8, 4) is 0 Å². The minimum absolute atomic E-state index is 0.273. The van der Waals surface area contributed by atoms with Crippen LogP contribution in [0.3, 0.4) is 0 Å². The van der Waals surface area contributed by atoms with E-state index in [0.717, 1.165) is 30.5 Å². The molecule has 0 bridgehead atoms. The summed E-state index contributed by atoms with van der Waals surface area (Å²) >= 11 is 0. The number of aryl methyl sites for hydroxylation is 2. The molecular weight excluding hydrogens is 272 g/mol. The Kier molecular flexibility index (Phi) is 4.83. The molecule has 1 aromatic carbocycles. The van der Waals surface area contributed by atoms with E-state index in [2.05, 4.69) is 12.2 Å². The van der Waals surface area contributed by atoms with Crippen molar-refractivity contribution in [2.75, 3.05) is 19.6 Å². The highest BCUT2D eigenvalue weighted by molar-refractivity contribution is 7.89. The molecule has 0 aliphatic carbocycles. The lowest BCUT2D eigenvalue weighted by Crippen LogP contribution is -2.47. The van der Waals surface area contributed by atoms with Crippen molar-refractivity contribution in [2.24, 2.45) is 0 Å². The summed E-state index contributed by atoms with van der Waals surface area (Å²) in [5.41, 5.74) is 2.14. The van der Waals surface area contributed by atoms with Gasteiger partial charge in [0.05, 0.1) is 4.90 Å². The second-order valence-electron chi connectivity index (χ2n) is 5.51. The largest absolute Gasteiger partial charge is 0.313 e. The summed E-state index contributed by atoms with van der Waals surface area (Å²) in [5, 5.41) is 3.35. The van der Waals surface area contributed by atoms with Gasteiger partial charge in [-0.25, -0.2) is 8.42 Å². The molecule has 5 heteroatoms. The average Bonchev–Trinajstić information content (AvgIpc) is 2.42. The Morgan fingerprint density at radius 2 is 2.05 bits per heavy atom. The maximum atomic E-state index is 12.7. The van der Waals surface area contributed by atoms with Gasteiger partial charge in [-0.2, -0.15) is 4.31 Å². The lowest BCUT2D eigenvalue weighted by Gasteiger charge is -2.32. The van der Waals surface area contributed by atoms with E-state index >= 15 is 0 Å². The van der Waals surface area contributed by atoms with E-state index in [-0.39, 0.29) is 6.04 Å². The molecule has 4 nitrogen and oxygen atoms in total. The first-order chi connectivity index (χ1) is 9.45. The number of nitrogens with zero attached hydrogens (tertiary/aromatic N) is 1. The van der Waals surface area contributed by atoms with Gasteiger partial charge in [0.2, 0.25) is 10.0 Å². The zero-order chi connectivity index (χ0) is 14.8. The minimum Gasteiger partial charge on any atom is -0.313 e. The maximum Gasteiger partial charge on any atom is 0.243 e. The van der Waals surface area contributed by atoms with Gasteiger partial charge in [-0.05, 0) is 56.5 Å². The SMILES string of the molecule is CCNC1CCCN(S(=O)(=O)c2ccc(C)c(C)c2)C1. The normalized spacial score (nSPS) is 21.1. The summed E-state index contributed by atoms with van der Waals surface area (Å²) in [4.78, 5) is 0.415. The molecule has 0 saturated carbocycles. The van der Waals surface area contributed by atoms with E-state index in [0.29, 0.717) is 18.0 Å². The molecule has 1 heterocycles. The Morgan fingerprint density at radius 3 is 2.70 bits per heavy atom. The highest BCUT2D eigenvalue weighted by Gasteiger charge is 2.29. The number of hydrogen-bond donors (Lipinski definition) is 1. The van der Waals surface area contributed by atoms with Crippen molar-refractivity contribution < 1.29 is 8.42 Å². The Bertz CT molecular complexity index is 567. The fraction of sp³-hybridized carbons (Fsp3) is 0.600. The van der Waals surface area contributed by atoms with Crippen molar-refractivity contribution in [1.29, 1.82) is 0 Å². The Labute approximate surface area is 122 Å². The molecule has 1 fully saturated rings. The van der Waals surface area contributed by atoms with Crippen molar-refractivity contribution in [1.82, 2.24) is 9.62 Å². The van der Waals surface area contributed by atoms with Crippen LogP contribution in [0.15, 0.2) is 23.1 Å². The van der Waals surface area contributed by atoms with Crippen LogP contribution in [-0.4, -0.2) is 38.4 Å². The molecule has 0 spiro atoms. The first kappa shape index (κ1) is 15.5. The van der Waals surface area contributed by atoms with E-state index in [4.69, 9.17) is 0 Å². The lowest BCUT2D eigenvalue weighted by molar-refractivity contribution is 0.286. The Hall–Kier alpha value is -0.910. The Morgan fingerprint density at radius 1 is 1.30 bits per heavy atom. The van der Waals surface area contributed by atoms with Crippen molar-refractivity contribution in [2.45, 2.75) is 44.6 Å². The fourth-order valence-electron chi connectivity index (χ4n) is 2.64. The quantitative estimate of drug-likeness (QED) is 0.925. The van der Waals surface area contributed by atoms with Gasteiger partial charge in [0.15, 0.2) is 0 Å². The second-order valence-corrected chi connectivity index (χ2v) is 7.44. The third-order valence-corrected chi connectivity index (χ3v) is 5.85. The monoisotopic (exact) mass is 296 g/mol. The van der Waals surface area contributed by atoms with Gasteiger partial charge in [-0.15, -0.1) is 0 Å². The number of piperidine rings is 1. The number of likely N-dealkylation sites (N-methyl/N-ethyl adjacent to an activating group) is 1. The molecule has 112 valence electrons. The van der Waals surface area contributed by atoms with Crippen LogP contribution in [0, 0.1) is 13.8 Å². The van der Waals surface area contributed by atoms with Crippen molar-refractivity contribution >= 4 is 10.0 Å². The van der Waals surface area contributed by atoms with Crippen LogP contribution in [0.5, 0.6) is 0 Å². The summed E-state index contributed by atoms with van der Waals surface area (Å²) < 4.78 is 27.0. The highest BCUT2D eigenvalue weighted by Crippen LogP contribution is 2.22. The predicted molar refractivity (Wildman–Crippen MR) is 81.4 cm³/mol.